The molecule has 0 atom stereocenters. The van der Waals surface area contributed by atoms with Gasteiger partial charge in [-0.05, 0) is 26.0 Å². The predicted molar refractivity (Wildman–Crippen MR) is 75.6 cm³/mol. The molecule has 0 saturated heterocycles. The van der Waals surface area contributed by atoms with E-state index in [1.54, 1.807) is 25.1 Å². The molecule has 0 aromatic carbocycles. The molecule has 3 aromatic heterocycles. The highest BCUT2D eigenvalue weighted by atomic mass is 19.4. The molecule has 1 aliphatic rings. The van der Waals surface area contributed by atoms with Crippen LogP contribution in [0.4, 0.5) is 13.2 Å². The average Bonchev–Trinajstić information content (AvgIpc) is 3.12. The largest absolute Gasteiger partial charge is 0.458 e. The van der Waals surface area contributed by atoms with Crippen LogP contribution in [0, 0.1) is 6.92 Å². The van der Waals surface area contributed by atoms with Gasteiger partial charge in [0.25, 0.3) is 5.82 Å². The van der Waals surface area contributed by atoms with Gasteiger partial charge in [0.2, 0.25) is 0 Å². The molecule has 8 heteroatoms. The Hall–Kier alpha value is -2.64. The summed E-state index contributed by atoms with van der Waals surface area (Å²) in [7, 11) is 0. The Morgan fingerprint density at radius 2 is 1.96 bits per heavy atom. The number of hydrogen-bond donors (Lipinski definition) is 0. The van der Waals surface area contributed by atoms with Crippen LogP contribution in [-0.2, 0) is 12.6 Å². The number of alkyl halides is 3. The first-order valence-corrected chi connectivity index (χ1v) is 6.94. The molecular formula is C15H11F3N4O. The van der Waals surface area contributed by atoms with Crippen LogP contribution >= 0.6 is 0 Å². The number of furan rings is 1. The minimum absolute atomic E-state index is 0.142. The van der Waals surface area contributed by atoms with Crippen molar-refractivity contribution in [3.63, 3.8) is 0 Å². The van der Waals surface area contributed by atoms with E-state index in [0.717, 1.165) is 10.1 Å². The highest BCUT2D eigenvalue weighted by molar-refractivity contribution is 5.75. The van der Waals surface area contributed by atoms with E-state index in [0.29, 0.717) is 29.2 Å². The lowest BCUT2D eigenvalue weighted by atomic mass is 10.2. The maximum absolute atomic E-state index is 13.0. The topological polar surface area (TPSA) is 56.2 Å². The lowest BCUT2D eigenvalue weighted by molar-refractivity contribution is -0.144. The van der Waals surface area contributed by atoms with Crippen molar-refractivity contribution in [3.05, 3.63) is 40.5 Å². The van der Waals surface area contributed by atoms with Gasteiger partial charge in [0.1, 0.15) is 5.76 Å². The number of aryl methyl sites for hydroxylation is 1. The van der Waals surface area contributed by atoms with Gasteiger partial charge < -0.3 is 4.42 Å². The summed E-state index contributed by atoms with van der Waals surface area (Å²) in [6.07, 6.45) is -2.25. The summed E-state index contributed by atoms with van der Waals surface area (Å²) in [5.41, 5.74) is 2.42. The second kappa shape index (κ2) is 4.43. The zero-order chi connectivity index (χ0) is 16.4. The van der Waals surface area contributed by atoms with Crippen molar-refractivity contribution < 1.29 is 17.6 Å². The fraction of sp³-hybridized carbons (Fsp3) is 0.267. The third-order valence-corrected chi connectivity index (χ3v) is 3.65. The third kappa shape index (κ3) is 2.13. The van der Waals surface area contributed by atoms with Crippen molar-refractivity contribution in [2.75, 3.05) is 0 Å². The molecule has 3 heterocycles. The van der Waals surface area contributed by atoms with E-state index in [4.69, 9.17) is 4.42 Å². The van der Waals surface area contributed by atoms with Gasteiger partial charge in [-0.3, -0.25) is 0 Å². The fourth-order valence-electron chi connectivity index (χ4n) is 2.68. The van der Waals surface area contributed by atoms with Gasteiger partial charge in [-0.15, -0.1) is 5.10 Å². The van der Waals surface area contributed by atoms with Crippen LogP contribution in [0.15, 0.2) is 22.1 Å². The maximum Gasteiger partial charge on any atom is 0.453 e. The average molecular weight is 320 g/mol. The predicted octanol–water partition coefficient (Wildman–Crippen LogP) is 3.67. The minimum Gasteiger partial charge on any atom is -0.458 e. The molecule has 3 aromatic rings. The molecule has 0 fully saturated rings. The van der Waals surface area contributed by atoms with E-state index in [9.17, 15) is 13.2 Å². The van der Waals surface area contributed by atoms with Crippen molar-refractivity contribution in [3.8, 4) is 11.6 Å². The zero-order valence-corrected chi connectivity index (χ0v) is 12.3. The molecule has 0 unspecified atom stereocenters. The number of fused-ring (bicyclic) bond motifs is 3. The molecule has 4 rings (SSSR count). The lowest BCUT2D eigenvalue weighted by Crippen LogP contribution is -2.08. The molecule has 0 amide bonds. The van der Waals surface area contributed by atoms with Gasteiger partial charge in [0.15, 0.2) is 17.2 Å². The van der Waals surface area contributed by atoms with E-state index >= 15 is 0 Å². The summed E-state index contributed by atoms with van der Waals surface area (Å²) in [6, 6.07) is 3.38. The molecule has 0 N–H and O–H groups in total. The highest BCUT2D eigenvalue weighted by Gasteiger charge is 2.37. The van der Waals surface area contributed by atoms with Gasteiger partial charge in [-0.1, -0.05) is 11.6 Å². The summed E-state index contributed by atoms with van der Waals surface area (Å²) < 4.78 is 45.6. The molecule has 0 bridgehead atoms. The first kappa shape index (κ1) is 14.0. The Bertz CT molecular complexity index is 965. The van der Waals surface area contributed by atoms with E-state index < -0.39 is 12.0 Å². The summed E-state index contributed by atoms with van der Waals surface area (Å²) in [6.45, 7) is 3.65. The third-order valence-electron chi connectivity index (χ3n) is 3.65. The van der Waals surface area contributed by atoms with Crippen LogP contribution in [-0.4, -0.2) is 19.6 Å². The second-order valence-corrected chi connectivity index (χ2v) is 5.54. The number of hydrogen-bond acceptors (Lipinski definition) is 4. The number of rotatable bonds is 1. The minimum atomic E-state index is -4.62. The van der Waals surface area contributed by atoms with Gasteiger partial charge in [-0.2, -0.15) is 17.7 Å². The van der Waals surface area contributed by atoms with Gasteiger partial charge in [-0.25, -0.2) is 9.97 Å². The van der Waals surface area contributed by atoms with Gasteiger partial charge in [0.05, 0.1) is 5.69 Å². The van der Waals surface area contributed by atoms with Crippen molar-refractivity contribution in [1.82, 2.24) is 19.6 Å². The summed E-state index contributed by atoms with van der Waals surface area (Å²) in [5, 5.41) is 3.60. The Morgan fingerprint density at radius 3 is 2.61 bits per heavy atom. The summed E-state index contributed by atoms with van der Waals surface area (Å²) in [5.74, 6) is 0.0347. The molecule has 1 aliphatic carbocycles. The molecule has 0 aliphatic heterocycles. The summed E-state index contributed by atoms with van der Waals surface area (Å²) in [4.78, 5) is 8.14. The summed E-state index contributed by atoms with van der Waals surface area (Å²) >= 11 is 0. The normalized spacial score (nSPS) is 14.4. The van der Waals surface area contributed by atoms with Crippen LogP contribution < -0.4 is 0 Å². The van der Waals surface area contributed by atoms with Crippen LogP contribution in [0.25, 0.3) is 23.3 Å². The van der Waals surface area contributed by atoms with Crippen LogP contribution in [0.5, 0.6) is 0 Å². The van der Waals surface area contributed by atoms with Crippen LogP contribution in [0.1, 0.15) is 29.8 Å². The second-order valence-electron chi connectivity index (χ2n) is 5.54. The smallest absolute Gasteiger partial charge is 0.453 e. The lowest BCUT2D eigenvalue weighted by Gasteiger charge is -2.05. The SMILES string of the molecule is CC1=Cc2c(nc(-c3ccc(C)o3)n3nc(C(F)(F)F)nc23)C1. The highest BCUT2D eigenvalue weighted by Crippen LogP contribution is 2.33. The van der Waals surface area contributed by atoms with E-state index in [-0.39, 0.29) is 11.5 Å². The number of allylic oxidation sites excluding steroid dienone is 1. The molecule has 118 valence electrons. The monoisotopic (exact) mass is 320 g/mol. The van der Waals surface area contributed by atoms with E-state index in [1.165, 1.54) is 0 Å². The Labute approximate surface area is 128 Å². The van der Waals surface area contributed by atoms with Crippen molar-refractivity contribution >= 4 is 11.7 Å². The molecule has 0 radical (unpaired) electrons. The van der Waals surface area contributed by atoms with Crippen molar-refractivity contribution in [1.29, 1.82) is 0 Å². The molecule has 5 nitrogen and oxygen atoms in total. The van der Waals surface area contributed by atoms with Gasteiger partial charge >= 0.3 is 6.18 Å². The molecule has 23 heavy (non-hydrogen) atoms. The Morgan fingerprint density at radius 1 is 1.17 bits per heavy atom. The van der Waals surface area contributed by atoms with E-state index in [2.05, 4.69) is 15.1 Å². The molecular weight excluding hydrogens is 309 g/mol. The van der Waals surface area contributed by atoms with Crippen molar-refractivity contribution in [2.24, 2.45) is 0 Å². The van der Waals surface area contributed by atoms with Crippen LogP contribution in [0.3, 0.4) is 0 Å². The quantitative estimate of drug-likeness (QED) is 0.686. The van der Waals surface area contributed by atoms with Crippen LogP contribution in [0.2, 0.25) is 0 Å². The standard InChI is InChI=1S/C15H11F3N4O/c1-7-5-9-10(6-7)19-13(11-4-3-8(2)23-11)22-12(9)20-14(21-22)15(16,17)18/h3-5H,6H2,1-2H3. The first-order chi connectivity index (χ1) is 10.8. The number of halogens is 3. The van der Waals surface area contributed by atoms with Crippen molar-refractivity contribution in [2.45, 2.75) is 26.4 Å². The number of aromatic nitrogens is 4. The first-order valence-electron chi connectivity index (χ1n) is 6.94. The molecule has 0 spiro atoms. The zero-order valence-electron chi connectivity index (χ0n) is 12.3. The van der Waals surface area contributed by atoms with Gasteiger partial charge in [0, 0.05) is 12.0 Å². The maximum atomic E-state index is 13.0. The fourth-order valence-corrected chi connectivity index (χ4v) is 2.68. The molecule has 0 saturated carbocycles. The van der Waals surface area contributed by atoms with E-state index in [1.807, 2.05) is 6.92 Å². The Kier molecular flexibility index (Phi) is 2.70. The number of nitrogens with zero attached hydrogens (tertiary/aromatic N) is 4. The Balaban J connectivity index is 2.05.